The largest absolute Gasteiger partial charge is 0.337 e. The molecule has 2 aromatic carbocycles. The van der Waals surface area contributed by atoms with E-state index in [-0.39, 0.29) is 0 Å². The van der Waals surface area contributed by atoms with Crippen molar-refractivity contribution in [1.29, 1.82) is 0 Å². The third-order valence-corrected chi connectivity index (χ3v) is 4.27. The topological polar surface area (TPSA) is 28.7 Å². The average Bonchev–Trinajstić information content (AvgIpc) is 3.17. The van der Waals surface area contributed by atoms with E-state index < -0.39 is 0 Å². The predicted octanol–water partition coefficient (Wildman–Crippen LogP) is 4.96. The second kappa shape index (κ2) is 4.62. The highest BCUT2D eigenvalue weighted by atomic mass is 32.1. The van der Waals surface area contributed by atoms with Crippen LogP contribution in [-0.4, -0.2) is 9.97 Å². The first-order valence-electron chi connectivity index (χ1n) is 6.48. The van der Waals surface area contributed by atoms with E-state index in [1.54, 1.807) is 11.3 Å². The molecule has 3 heteroatoms. The van der Waals surface area contributed by atoms with Gasteiger partial charge in [0.1, 0.15) is 5.82 Å². The van der Waals surface area contributed by atoms with Crippen molar-refractivity contribution in [1.82, 2.24) is 9.97 Å². The molecule has 2 heterocycles. The van der Waals surface area contributed by atoms with Crippen LogP contribution in [0.5, 0.6) is 0 Å². The zero-order chi connectivity index (χ0) is 13.4. The molecule has 0 aliphatic carbocycles. The maximum atomic E-state index is 4.47. The van der Waals surface area contributed by atoms with Crippen LogP contribution in [0, 0.1) is 0 Å². The monoisotopic (exact) mass is 276 g/mol. The number of aromatic amines is 1. The Kier molecular flexibility index (Phi) is 2.64. The predicted molar refractivity (Wildman–Crippen MR) is 84.8 cm³/mol. The van der Waals surface area contributed by atoms with E-state index in [0.717, 1.165) is 16.4 Å². The Morgan fingerprint density at radius 3 is 2.65 bits per heavy atom. The second-order valence-corrected chi connectivity index (χ2v) is 5.63. The fourth-order valence-electron chi connectivity index (χ4n) is 2.36. The first-order chi connectivity index (χ1) is 9.90. The van der Waals surface area contributed by atoms with Gasteiger partial charge in [0.15, 0.2) is 0 Å². The van der Waals surface area contributed by atoms with Gasteiger partial charge in [0.25, 0.3) is 0 Å². The van der Waals surface area contributed by atoms with Crippen molar-refractivity contribution >= 4 is 22.1 Å². The first kappa shape index (κ1) is 11.4. The molecule has 0 aliphatic heterocycles. The third-order valence-electron chi connectivity index (χ3n) is 3.39. The number of H-pyrrole nitrogens is 1. The molecule has 0 bridgehead atoms. The number of nitrogens with zero attached hydrogens (tertiary/aromatic N) is 1. The number of benzene rings is 2. The molecule has 1 N–H and O–H groups in total. The highest BCUT2D eigenvalue weighted by molar-refractivity contribution is 7.13. The van der Waals surface area contributed by atoms with Gasteiger partial charge < -0.3 is 4.98 Å². The molecular weight excluding hydrogens is 264 g/mol. The second-order valence-electron chi connectivity index (χ2n) is 4.68. The van der Waals surface area contributed by atoms with Crippen LogP contribution < -0.4 is 0 Å². The van der Waals surface area contributed by atoms with Crippen LogP contribution in [0.15, 0.2) is 66.2 Å². The molecule has 96 valence electrons. The Labute approximate surface area is 120 Å². The van der Waals surface area contributed by atoms with Crippen LogP contribution in [0.1, 0.15) is 0 Å². The fraction of sp³-hybridized carbons (Fsp3) is 0. The van der Waals surface area contributed by atoms with Crippen molar-refractivity contribution in [2.45, 2.75) is 0 Å². The Morgan fingerprint density at radius 2 is 1.80 bits per heavy atom. The molecule has 0 atom stereocenters. The number of thiophene rings is 1. The van der Waals surface area contributed by atoms with Gasteiger partial charge in [0, 0.05) is 5.56 Å². The molecule has 0 saturated carbocycles. The van der Waals surface area contributed by atoms with Crippen LogP contribution in [0.3, 0.4) is 0 Å². The maximum Gasteiger partial charge on any atom is 0.147 e. The molecule has 0 radical (unpaired) electrons. The Hall–Kier alpha value is -2.39. The van der Waals surface area contributed by atoms with Gasteiger partial charge in [-0.2, -0.15) is 0 Å². The van der Waals surface area contributed by atoms with Crippen LogP contribution in [-0.2, 0) is 0 Å². The molecule has 0 aliphatic rings. The third kappa shape index (κ3) is 1.92. The minimum atomic E-state index is 0.933. The van der Waals surface area contributed by atoms with Gasteiger partial charge >= 0.3 is 0 Å². The van der Waals surface area contributed by atoms with Gasteiger partial charge in [0.05, 0.1) is 16.8 Å². The SMILES string of the molecule is c1csc(-c2ncc(-c3ccc4ccccc4c3)[nH]2)c1. The zero-order valence-electron chi connectivity index (χ0n) is 10.7. The molecule has 2 aromatic heterocycles. The van der Waals surface area contributed by atoms with Crippen molar-refractivity contribution in [2.24, 2.45) is 0 Å². The molecule has 0 saturated heterocycles. The minimum Gasteiger partial charge on any atom is -0.337 e. The number of imidazole rings is 1. The molecule has 2 nitrogen and oxygen atoms in total. The molecule has 4 aromatic rings. The summed E-state index contributed by atoms with van der Waals surface area (Å²) in [4.78, 5) is 9.03. The number of hydrogen-bond acceptors (Lipinski definition) is 2. The van der Waals surface area contributed by atoms with Gasteiger partial charge in [-0.15, -0.1) is 11.3 Å². The molecule has 0 amide bonds. The molecule has 4 rings (SSSR count). The van der Waals surface area contributed by atoms with Gasteiger partial charge in [-0.3, -0.25) is 0 Å². The summed E-state index contributed by atoms with van der Waals surface area (Å²) in [5.41, 5.74) is 2.22. The molecule has 0 unspecified atom stereocenters. The van der Waals surface area contributed by atoms with E-state index in [4.69, 9.17) is 0 Å². The van der Waals surface area contributed by atoms with Gasteiger partial charge in [-0.05, 0) is 28.3 Å². The normalized spacial score (nSPS) is 11.0. The van der Waals surface area contributed by atoms with Gasteiger partial charge in [-0.25, -0.2) is 4.98 Å². The van der Waals surface area contributed by atoms with E-state index in [1.165, 1.54) is 16.3 Å². The molecular formula is C17H12N2S. The molecule has 20 heavy (non-hydrogen) atoms. The number of nitrogens with one attached hydrogen (secondary N) is 1. The summed E-state index contributed by atoms with van der Waals surface area (Å²) in [5.74, 6) is 0.933. The highest BCUT2D eigenvalue weighted by Crippen LogP contribution is 2.27. The molecule has 0 fully saturated rings. The first-order valence-corrected chi connectivity index (χ1v) is 7.36. The number of rotatable bonds is 2. The van der Waals surface area contributed by atoms with E-state index in [0.29, 0.717) is 0 Å². The van der Waals surface area contributed by atoms with E-state index in [9.17, 15) is 0 Å². The van der Waals surface area contributed by atoms with Crippen molar-refractivity contribution < 1.29 is 0 Å². The van der Waals surface area contributed by atoms with Crippen molar-refractivity contribution in [2.75, 3.05) is 0 Å². The summed E-state index contributed by atoms with van der Waals surface area (Å²) < 4.78 is 0. The number of hydrogen-bond donors (Lipinski definition) is 1. The number of fused-ring (bicyclic) bond motifs is 1. The quantitative estimate of drug-likeness (QED) is 0.551. The smallest absolute Gasteiger partial charge is 0.147 e. The average molecular weight is 276 g/mol. The van der Waals surface area contributed by atoms with Gasteiger partial charge in [-0.1, -0.05) is 42.5 Å². The van der Waals surface area contributed by atoms with Crippen molar-refractivity contribution in [3.8, 4) is 22.0 Å². The van der Waals surface area contributed by atoms with E-state index in [2.05, 4.69) is 63.9 Å². The maximum absolute atomic E-state index is 4.47. The lowest BCUT2D eigenvalue weighted by molar-refractivity contribution is 1.33. The lowest BCUT2D eigenvalue weighted by Crippen LogP contribution is -1.79. The summed E-state index contributed by atoms with van der Waals surface area (Å²) in [5, 5.41) is 4.57. The minimum absolute atomic E-state index is 0.933. The summed E-state index contributed by atoms with van der Waals surface area (Å²) in [7, 11) is 0. The van der Waals surface area contributed by atoms with Crippen molar-refractivity contribution in [3.63, 3.8) is 0 Å². The highest BCUT2D eigenvalue weighted by Gasteiger charge is 2.06. The number of aromatic nitrogens is 2. The Morgan fingerprint density at radius 1 is 0.900 bits per heavy atom. The fourth-order valence-corrected chi connectivity index (χ4v) is 3.04. The Bertz CT molecular complexity index is 859. The van der Waals surface area contributed by atoms with E-state index in [1.807, 2.05) is 12.3 Å². The standard InChI is InChI=1S/C17H12N2S/c1-2-5-13-10-14(8-7-12(13)4-1)15-11-18-17(19-15)16-6-3-9-20-16/h1-11H,(H,18,19). The lowest BCUT2D eigenvalue weighted by Gasteiger charge is -2.01. The summed E-state index contributed by atoms with van der Waals surface area (Å²) in [6.45, 7) is 0. The lowest BCUT2D eigenvalue weighted by atomic mass is 10.1. The van der Waals surface area contributed by atoms with Crippen molar-refractivity contribution in [3.05, 3.63) is 66.2 Å². The van der Waals surface area contributed by atoms with Crippen LogP contribution in [0.2, 0.25) is 0 Å². The van der Waals surface area contributed by atoms with Crippen LogP contribution in [0.25, 0.3) is 32.7 Å². The van der Waals surface area contributed by atoms with Crippen LogP contribution in [0.4, 0.5) is 0 Å². The summed E-state index contributed by atoms with van der Waals surface area (Å²) in [6, 6.07) is 19.0. The summed E-state index contributed by atoms with van der Waals surface area (Å²) in [6.07, 6.45) is 1.90. The molecule has 0 spiro atoms. The van der Waals surface area contributed by atoms with Gasteiger partial charge in [0.2, 0.25) is 0 Å². The van der Waals surface area contributed by atoms with E-state index >= 15 is 0 Å². The van der Waals surface area contributed by atoms with Crippen LogP contribution >= 0.6 is 11.3 Å². The zero-order valence-corrected chi connectivity index (χ0v) is 11.5. The Balaban J connectivity index is 1.79. The summed E-state index contributed by atoms with van der Waals surface area (Å²) >= 11 is 1.69.